The van der Waals surface area contributed by atoms with Gasteiger partial charge in [0.15, 0.2) is 5.82 Å². The molecule has 3 unspecified atom stereocenters. The number of hydrogen-bond donors (Lipinski definition) is 2. The van der Waals surface area contributed by atoms with E-state index >= 15 is 8.78 Å². The van der Waals surface area contributed by atoms with Crippen LogP contribution in [0, 0.1) is 17.6 Å². The zero-order valence-corrected chi connectivity index (χ0v) is 30.2. The molecule has 0 spiro atoms. The van der Waals surface area contributed by atoms with Gasteiger partial charge in [-0.3, -0.25) is 23.3 Å². The van der Waals surface area contributed by atoms with Gasteiger partial charge < -0.3 is 10.3 Å². The number of nitrogens with one attached hydrogen (secondary N) is 2. The number of amides is 1. The highest BCUT2D eigenvalue weighted by molar-refractivity contribution is 7.94. The average Bonchev–Trinajstić information content (AvgIpc) is 3.90. The number of fused-ring (bicyclic) bond motifs is 5. The lowest BCUT2D eigenvalue weighted by molar-refractivity contribution is -0.123. The first-order valence-electron chi connectivity index (χ1n) is 17.0. The molecule has 284 valence electrons. The monoisotopic (exact) mass is 800 g/mol. The largest absolute Gasteiger partial charge is 0.346 e. The highest BCUT2D eigenvalue weighted by atomic mass is 35.5. The highest BCUT2D eigenvalue weighted by Gasteiger charge is 2.67. The highest BCUT2D eigenvalue weighted by Crippen LogP contribution is 2.68. The Morgan fingerprint density at radius 1 is 1.07 bits per heavy atom. The third-order valence-electron chi connectivity index (χ3n) is 10.4. The van der Waals surface area contributed by atoms with Gasteiger partial charge >= 0.3 is 0 Å². The minimum atomic E-state index is -3.48. The number of H-pyrrole nitrogens is 1. The van der Waals surface area contributed by atoms with Crippen LogP contribution < -0.4 is 15.2 Å². The van der Waals surface area contributed by atoms with E-state index in [1.807, 2.05) is 0 Å². The number of benzene rings is 2. The molecule has 11 nitrogen and oxygen atoms in total. The number of aromatic nitrogens is 6. The number of carbonyl (C=O) groups excluding carboxylic acids is 1. The van der Waals surface area contributed by atoms with Crippen molar-refractivity contribution in [3.63, 3.8) is 0 Å². The molecule has 5 atom stereocenters. The van der Waals surface area contributed by atoms with E-state index < -0.39 is 82.2 Å². The second-order valence-corrected chi connectivity index (χ2v) is 16.0. The maximum Gasteiger partial charge on any atom is 0.293 e. The molecule has 0 radical (unpaired) electrons. The van der Waals surface area contributed by atoms with Crippen LogP contribution in [0.2, 0.25) is 5.02 Å². The Labute approximate surface area is 313 Å². The second-order valence-electron chi connectivity index (χ2n) is 13.9. The van der Waals surface area contributed by atoms with Gasteiger partial charge in [-0.25, -0.2) is 26.8 Å². The number of anilines is 1. The molecule has 6 aromatic rings. The lowest BCUT2D eigenvalue weighted by atomic mass is 9.93. The number of alkyl halides is 4. The Morgan fingerprint density at radius 3 is 2.49 bits per heavy atom. The fourth-order valence-corrected chi connectivity index (χ4v) is 9.10. The number of halogens is 7. The maximum atomic E-state index is 15.4. The van der Waals surface area contributed by atoms with Crippen LogP contribution in [0.1, 0.15) is 59.9 Å². The van der Waals surface area contributed by atoms with Gasteiger partial charge in [-0.15, -0.1) is 0 Å². The van der Waals surface area contributed by atoms with E-state index in [-0.39, 0.29) is 51.1 Å². The summed E-state index contributed by atoms with van der Waals surface area (Å²) in [7, 11) is 0.299. The molecule has 3 aliphatic rings. The molecule has 55 heavy (non-hydrogen) atoms. The molecule has 19 heteroatoms. The van der Waals surface area contributed by atoms with Crippen molar-refractivity contribution >= 4 is 56.2 Å². The fourth-order valence-electron chi connectivity index (χ4n) is 7.92. The molecule has 2 fully saturated rings. The Morgan fingerprint density at radius 2 is 1.80 bits per heavy atom. The van der Waals surface area contributed by atoms with Crippen LogP contribution in [0.15, 0.2) is 53.3 Å². The number of carbonyl (C=O) groups is 1. The lowest BCUT2D eigenvalue weighted by Crippen LogP contribution is -2.35. The molecular formula is C36H27ClF6N8O3S. The molecule has 1 saturated heterocycles. The van der Waals surface area contributed by atoms with E-state index in [1.165, 1.54) is 16.8 Å². The zero-order valence-electron chi connectivity index (χ0n) is 28.6. The summed E-state index contributed by atoms with van der Waals surface area (Å²) in [6, 6.07) is 9.05. The number of rotatable bonds is 9. The first-order chi connectivity index (χ1) is 26.1. The molecule has 4 aromatic heterocycles. The standard InChI is InChI=1S/C36H27ClF6N8O3S/c1-14-51(55(14)54)35-29-22(37)4-3-18(32(29)49(2)48-35)19-12-24-23(5-6-26(52)44-24)46-30(19)25(9-15-7-16(38)10-17(39)8-15)45-27(53)13-50-33-28(31(47-50)34(40)41)20-11-21(20)36(33,42)43/h3-8,10,12,14,20-21,25,34H,9,11,13H2,1-2H3,(H,44,52)(H,45,53)/t14-,20-,21?,25?,51?,55?/m0/s1. The van der Waals surface area contributed by atoms with Crippen molar-refractivity contribution in [1.29, 1.82) is 0 Å². The molecule has 9 rings (SSSR count). The number of hydrogen-bond acceptors (Lipinski definition) is 6. The Bertz CT molecular complexity index is 2700. The summed E-state index contributed by atoms with van der Waals surface area (Å²) >= 11 is 6.72. The van der Waals surface area contributed by atoms with Gasteiger partial charge in [-0.2, -0.15) is 19.0 Å². The molecule has 1 aliphatic heterocycles. The van der Waals surface area contributed by atoms with Crippen molar-refractivity contribution in [1.82, 2.24) is 34.8 Å². The molecule has 0 bridgehead atoms. The topological polar surface area (TPSA) is 131 Å². The lowest BCUT2D eigenvalue weighted by Gasteiger charge is -2.23. The Hall–Kier alpha value is -5.23. The van der Waals surface area contributed by atoms with E-state index in [1.54, 1.807) is 36.5 Å². The van der Waals surface area contributed by atoms with Crippen LogP contribution in [0.3, 0.4) is 0 Å². The van der Waals surface area contributed by atoms with Gasteiger partial charge in [0.2, 0.25) is 11.5 Å². The van der Waals surface area contributed by atoms with Crippen LogP contribution >= 0.6 is 11.6 Å². The van der Waals surface area contributed by atoms with Crippen LogP contribution in [0.5, 0.6) is 0 Å². The van der Waals surface area contributed by atoms with E-state index in [2.05, 4.69) is 20.5 Å². The quantitative estimate of drug-likeness (QED) is 0.124. The third kappa shape index (κ3) is 5.70. The number of aryl methyl sites for hydroxylation is 1. The van der Waals surface area contributed by atoms with Crippen LogP contribution in [-0.4, -0.2) is 45.0 Å². The molecule has 1 saturated carbocycles. The van der Waals surface area contributed by atoms with Crippen molar-refractivity contribution in [2.75, 3.05) is 4.31 Å². The number of pyridine rings is 2. The fraction of sp³-hybridized carbons (Fsp3) is 0.306. The summed E-state index contributed by atoms with van der Waals surface area (Å²) < 4.78 is 104. The Kier molecular flexibility index (Phi) is 7.99. The van der Waals surface area contributed by atoms with Crippen molar-refractivity contribution in [3.8, 4) is 11.1 Å². The van der Waals surface area contributed by atoms with E-state index in [4.69, 9.17) is 16.6 Å². The summed E-state index contributed by atoms with van der Waals surface area (Å²) in [4.78, 5) is 33.9. The van der Waals surface area contributed by atoms with Crippen molar-refractivity contribution in [2.24, 2.45) is 13.0 Å². The maximum absolute atomic E-state index is 15.4. The molecule has 1 amide bonds. The molecule has 2 aromatic carbocycles. The van der Waals surface area contributed by atoms with Gasteiger partial charge in [0.1, 0.15) is 45.9 Å². The second kappa shape index (κ2) is 12.4. The first-order valence-corrected chi connectivity index (χ1v) is 18.6. The van der Waals surface area contributed by atoms with E-state index in [0.717, 1.165) is 12.1 Å². The minimum absolute atomic E-state index is 0.0383. The molecule has 2 aliphatic carbocycles. The number of nitrogens with zero attached hydrogens (tertiary/aromatic N) is 6. The summed E-state index contributed by atoms with van der Waals surface area (Å²) in [5.74, 6) is -7.79. The molecule has 2 N–H and O–H groups in total. The van der Waals surface area contributed by atoms with E-state index in [0.29, 0.717) is 38.6 Å². The van der Waals surface area contributed by atoms with Gasteiger partial charge in [0, 0.05) is 41.8 Å². The normalized spacial score (nSPS) is 21.3. The predicted molar refractivity (Wildman–Crippen MR) is 190 cm³/mol. The summed E-state index contributed by atoms with van der Waals surface area (Å²) in [5, 5.41) is 11.5. The zero-order chi connectivity index (χ0) is 38.8. The van der Waals surface area contributed by atoms with Gasteiger partial charge in [-0.05, 0) is 61.6 Å². The summed E-state index contributed by atoms with van der Waals surface area (Å²) in [5.41, 5.74) is -0.255. The summed E-state index contributed by atoms with van der Waals surface area (Å²) in [6.07, 6.45) is -3.40. The predicted octanol–water partition coefficient (Wildman–Crippen LogP) is 6.68. The first kappa shape index (κ1) is 35.5. The van der Waals surface area contributed by atoms with Gasteiger partial charge in [0.25, 0.3) is 12.3 Å². The SMILES string of the molecule is C[C@H]1N(c2nn(C)c3c(-c4cc5[nH]c(=O)ccc5nc4C(Cc4cc(F)cc(F)c4)NC(=O)Cn4nc(C(F)F)c5c4C(F)(F)C4C[C@H]54)ccc(Cl)c23)S1=O. The molecule has 5 heterocycles. The smallest absolute Gasteiger partial charge is 0.293 e. The van der Waals surface area contributed by atoms with Crippen LogP contribution in [0.25, 0.3) is 33.1 Å². The van der Waals surface area contributed by atoms with Crippen molar-refractivity contribution in [2.45, 2.75) is 56.0 Å². The third-order valence-corrected chi connectivity index (χ3v) is 12.2. The average molecular weight is 801 g/mol. The van der Waals surface area contributed by atoms with Crippen molar-refractivity contribution < 1.29 is 35.3 Å². The summed E-state index contributed by atoms with van der Waals surface area (Å²) in [6.45, 7) is 0.879. The van der Waals surface area contributed by atoms with Crippen LogP contribution in [0.4, 0.5) is 32.2 Å². The minimum Gasteiger partial charge on any atom is -0.346 e. The van der Waals surface area contributed by atoms with Gasteiger partial charge in [0.05, 0.1) is 38.7 Å². The van der Waals surface area contributed by atoms with Crippen LogP contribution in [-0.2, 0) is 41.7 Å². The Balaban J connectivity index is 1.20. The number of aromatic amines is 1. The van der Waals surface area contributed by atoms with Gasteiger partial charge in [-0.1, -0.05) is 17.7 Å². The van der Waals surface area contributed by atoms with Crippen molar-refractivity contribution in [3.05, 3.63) is 104 Å². The van der Waals surface area contributed by atoms with E-state index in [9.17, 15) is 31.4 Å². The molecular weight excluding hydrogens is 774 g/mol.